The van der Waals surface area contributed by atoms with Gasteiger partial charge in [0.05, 0.1) is 0 Å². The molecule has 0 saturated carbocycles. The van der Waals surface area contributed by atoms with E-state index in [2.05, 4.69) is 18.7 Å². The number of amides is 3. The number of likely N-dealkylation sites (N-methyl/N-ethyl adjacent to an activating group) is 1. The predicted octanol–water partition coefficient (Wildman–Crippen LogP) is 3.61. The Morgan fingerprint density at radius 2 is 1.70 bits per heavy atom. The number of para-hydroxylation sites is 1. The minimum atomic E-state index is -0.487. The standard InChI is InChI=1S/C25H29N5O3/c1-17(2)13-14-30-23(31)21-22(27(3)25(30)32)26-24-28(15-16-29(21)24)18-9-11-20(12-10-18)33-19-7-5-4-6-8-19/h4-12,17,21-22H,13-16H2,1-3H3. The topological polar surface area (TPSA) is 68.7 Å². The summed E-state index contributed by atoms with van der Waals surface area (Å²) < 4.78 is 5.90. The molecule has 2 unspecified atom stereocenters. The van der Waals surface area contributed by atoms with Crippen LogP contribution in [-0.2, 0) is 4.79 Å². The van der Waals surface area contributed by atoms with Gasteiger partial charge in [-0.3, -0.25) is 9.69 Å². The van der Waals surface area contributed by atoms with Crippen molar-refractivity contribution in [2.45, 2.75) is 32.5 Å². The number of benzene rings is 2. The van der Waals surface area contributed by atoms with Crippen molar-refractivity contribution in [3.8, 4) is 11.5 Å². The molecule has 0 aromatic heterocycles. The molecule has 0 aliphatic carbocycles. The first-order chi connectivity index (χ1) is 15.9. The fourth-order valence-corrected chi connectivity index (χ4v) is 4.59. The molecule has 8 nitrogen and oxygen atoms in total. The number of hydrogen-bond donors (Lipinski definition) is 0. The van der Waals surface area contributed by atoms with E-state index in [0.717, 1.165) is 36.1 Å². The number of urea groups is 1. The average molecular weight is 448 g/mol. The lowest BCUT2D eigenvalue weighted by atomic mass is 10.1. The molecule has 3 aliphatic rings. The number of nitrogens with zero attached hydrogens (tertiary/aromatic N) is 5. The highest BCUT2D eigenvalue weighted by Crippen LogP contribution is 2.34. The number of rotatable bonds is 6. The first kappa shape index (κ1) is 21.3. The van der Waals surface area contributed by atoms with Crippen LogP contribution < -0.4 is 9.64 Å². The normalized spacial score (nSPS) is 22.1. The second-order valence-electron chi connectivity index (χ2n) is 9.11. The van der Waals surface area contributed by atoms with Gasteiger partial charge in [-0.15, -0.1) is 0 Å². The van der Waals surface area contributed by atoms with Crippen LogP contribution >= 0.6 is 0 Å². The first-order valence-electron chi connectivity index (χ1n) is 11.5. The number of carbonyl (C=O) groups is 2. The summed E-state index contributed by atoms with van der Waals surface area (Å²) in [5.74, 6) is 2.57. The van der Waals surface area contributed by atoms with Crippen LogP contribution in [0.1, 0.15) is 20.3 Å². The summed E-state index contributed by atoms with van der Waals surface area (Å²) in [7, 11) is 1.74. The van der Waals surface area contributed by atoms with Crippen molar-refractivity contribution in [2.75, 3.05) is 31.6 Å². The Labute approximate surface area is 194 Å². The molecule has 0 spiro atoms. The number of anilines is 1. The number of aliphatic imine (C=N–C) groups is 1. The van der Waals surface area contributed by atoms with Crippen molar-refractivity contribution in [3.05, 3.63) is 54.6 Å². The zero-order chi connectivity index (χ0) is 23.1. The Kier molecular flexibility index (Phi) is 5.44. The molecule has 2 saturated heterocycles. The molecule has 2 aromatic rings. The second-order valence-corrected chi connectivity index (χ2v) is 9.11. The highest BCUT2D eigenvalue weighted by molar-refractivity contribution is 6.08. The largest absolute Gasteiger partial charge is 0.457 e. The summed E-state index contributed by atoms with van der Waals surface area (Å²) in [5, 5.41) is 0. The predicted molar refractivity (Wildman–Crippen MR) is 126 cm³/mol. The molecule has 5 rings (SSSR count). The summed E-state index contributed by atoms with van der Waals surface area (Å²) >= 11 is 0. The molecule has 3 heterocycles. The van der Waals surface area contributed by atoms with Gasteiger partial charge in [0.1, 0.15) is 11.5 Å². The fraction of sp³-hybridized carbons (Fsp3) is 0.400. The van der Waals surface area contributed by atoms with Crippen molar-refractivity contribution in [1.82, 2.24) is 14.7 Å². The van der Waals surface area contributed by atoms with E-state index >= 15 is 0 Å². The lowest BCUT2D eigenvalue weighted by molar-refractivity contribution is -0.137. The maximum absolute atomic E-state index is 13.3. The van der Waals surface area contributed by atoms with Crippen molar-refractivity contribution in [2.24, 2.45) is 10.9 Å². The number of fused-ring (bicyclic) bond motifs is 3. The van der Waals surface area contributed by atoms with Gasteiger partial charge in [-0.25, -0.2) is 9.79 Å². The lowest BCUT2D eigenvalue weighted by Crippen LogP contribution is -2.64. The quantitative estimate of drug-likeness (QED) is 0.677. The van der Waals surface area contributed by atoms with Crippen LogP contribution in [0.4, 0.5) is 10.5 Å². The van der Waals surface area contributed by atoms with E-state index in [1.807, 2.05) is 59.5 Å². The molecule has 172 valence electrons. The van der Waals surface area contributed by atoms with E-state index in [0.29, 0.717) is 19.0 Å². The van der Waals surface area contributed by atoms with Crippen molar-refractivity contribution in [1.29, 1.82) is 0 Å². The third kappa shape index (κ3) is 3.79. The molecule has 8 heteroatoms. The maximum atomic E-state index is 13.3. The number of hydrogen-bond acceptors (Lipinski definition) is 6. The molecule has 3 aliphatic heterocycles. The molecular weight excluding hydrogens is 418 g/mol. The smallest absolute Gasteiger partial charge is 0.328 e. The molecule has 3 amide bonds. The fourth-order valence-electron chi connectivity index (χ4n) is 4.59. The monoisotopic (exact) mass is 447 g/mol. The van der Waals surface area contributed by atoms with Crippen LogP contribution in [0.3, 0.4) is 0 Å². The van der Waals surface area contributed by atoms with Gasteiger partial charge in [-0.1, -0.05) is 32.0 Å². The van der Waals surface area contributed by atoms with Crippen molar-refractivity contribution < 1.29 is 14.3 Å². The third-order valence-corrected chi connectivity index (χ3v) is 6.43. The van der Waals surface area contributed by atoms with Gasteiger partial charge in [-0.05, 0) is 48.7 Å². The molecule has 0 bridgehead atoms. The van der Waals surface area contributed by atoms with Crippen LogP contribution in [0.2, 0.25) is 0 Å². The molecule has 2 atom stereocenters. The Bertz CT molecular complexity index is 1070. The van der Waals surface area contributed by atoms with Crippen LogP contribution in [0.15, 0.2) is 59.6 Å². The van der Waals surface area contributed by atoms with E-state index in [1.54, 1.807) is 11.9 Å². The van der Waals surface area contributed by atoms with E-state index in [-0.39, 0.29) is 11.9 Å². The molecule has 0 N–H and O–H groups in total. The van der Waals surface area contributed by atoms with Crippen LogP contribution in [0.5, 0.6) is 11.5 Å². The number of ether oxygens (including phenoxy) is 1. The van der Waals surface area contributed by atoms with E-state index < -0.39 is 12.2 Å². The molecule has 33 heavy (non-hydrogen) atoms. The van der Waals surface area contributed by atoms with Gasteiger partial charge in [0.25, 0.3) is 5.91 Å². The molecule has 2 aromatic carbocycles. The van der Waals surface area contributed by atoms with Crippen LogP contribution in [-0.4, -0.2) is 71.5 Å². The van der Waals surface area contributed by atoms with E-state index in [9.17, 15) is 9.59 Å². The number of guanidine groups is 1. The summed E-state index contributed by atoms with van der Waals surface area (Å²) in [4.78, 5) is 38.2. The van der Waals surface area contributed by atoms with Crippen LogP contribution in [0, 0.1) is 5.92 Å². The van der Waals surface area contributed by atoms with Gasteiger partial charge in [0.2, 0.25) is 5.96 Å². The zero-order valence-electron chi connectivity index (χ0n) is 19.2. The highest BCUT2D eigenvalue weighted by atomic mass is 16.5. The Morgan fingerprint density at radius 1 is 1.00 bits per heavy atom. The summed E-state index contributed by atoms with van der Waals surface area (Å²) in [6.45, 7) is 6.05. The molecular formula is C25H29N5O3. The third-order valence-electron chi connectivity index (χ3n) is 6.43. The molecule has 2 fully saturated rings. The van der Waals surface area contributed by atoms with Crippen LogP contribution in [0.25, 0.3) is 0 Å². The van der Waals surface area contributed by atoms with Crippen molar-refractivity contribution in [3.63, 3.8) is 0 Å². The SMILES string of the molecule is CC(C)CCN1C(=O)C2C(N=C3N(c4ccc(Oc5ccccc5)cc4)CCN32)N(C)C1=O. The Morgan fingerprint density at radius 3 is 2.39 bits per heavy atom. The van der Waals surface area contributed by atoms with Gasteiger partial charge < -0.3 is 19.4 Å². The highest BCUT2D eigenvalue weighted by Gasteiger charge is 2.54. The second kappa shape index (κ2) is 8.42. The minimum absolute atomic E-state index is 0.143. The van der Waals surface area contributed by atoms with Crippen molar-refractivity contribution >= 4 is 23.6 Å². The zero-order valence-corrected chi connectivity index (χ0v) is 19.2. The summed E-state index contributed by atoms with van der Waals surface area (Å²) in [6, 6.07) is 16.8. The van der Waals surface area contributed by atoms with Gasteiger partial charge in [0, 0.05) is 32.4 Å². The Balaban J connectivity index is 1.34. The summed E-state index contributed by atoms with van der Waals surface area (Å²) in [6.07, 6.45) is 0.304. The first-order valence-corrected chi connectivity index (χ1v) is 11.5. The lowest BCUT2D eigenvalue weighted by Gasteiger charge is -2.40. The Hall–Kier alpha value is -3.55. The maximum Gasteiger partial charge on any atom is 0.328 e. The van der Waals surface area contributed by atoms with Gasteiger partial charge in [-0.2, -0.15) is 0 Å². The average Bonchev–Trinajstić information content (AvgIpc) is 3.38. The van der Waals surface area contributed by atoms with E-state index in [4.69, 9.17) is 9.73 Å². The number of imide groups is 1. The molecule has 0 radical (unpaired) electrons. The van der Waals surface area contributed by atoms with Gasteiger partial charge >= 0.3 is 6.03 Å². The number of carbonyl (C=O) groups excluding carboxylic acids is 2. The summed E-state index contributed by atoms with van der Waals surface area (Å²) in [5.41, 5.74) is 0.980. The minimum Gasteiger partial charge on any atom is -0.457 e. The van der Waals surface area contributed by atoms with E-state index in [1.165, 1.54) is 4.90 Å². The van der Waals surface area contributed by atoms with Gasteiger partial charge in [0.15, 0.2) is 12.2 Å².